The first-order valence-electron chi connectivity index (χ1n) is 9.53. The van der Waals surface area contributed by atoms with Gasteiger partial charge in [0.25, 0.3) is 0 Å². The molecule has 30 heavy (non-hydrogen) atoms. The Labute approximate surface area is 176 Å². The Morgan fingerprint density at radius 1 is 1.00 bits per heavy atom. The Kier molecular flexibility index (Phi) is 5.88. The van der Waals surface area contributed by atoms with Crippen LogP contribution in [0.4, 0.5) is 0 Å². The number of aliphatic hydroxyl groups excluding tert-OH is 4. The lowest BCUT2D eigenvalue weighted by Gasteiger charge is -2.40. The van der Waals surface area contributed by atoms with Gasteiger partial charge in [-0.2, -0.15) is 0 Å². The van der Waals surface area contributed by atoms with Crippen LogP contribution in [0.15, 0.2) is 48.5 Å². The van der Waals surface area contributed by atoms with Gasteiger partial charge in [-0.05, 0) is 34.7 Å². The van der Waals surface area contributed by atoms with Crippen LogP contribution in [-0.4, -0.2) is 62.5 Å². The molecule has 3 aromatic rings. The van der Waals surface area contributed by atoms with Crippen molar-refractivity contribution >= 4 is 27.4 Å². The van der Waals surface area contributed by atoms with Crippen molar-refractivity contribution in [2.45, 2.75) is 36.9 Å². The van der Waals surface area contributed by atoms with Gasteiger partial charge in [0.15, 0.2) is 0 Å². The standard InChI is InChI=1S/C22H22O7S/c23-10-16-18(24)19(25)20(26)21(29-16)15-8-11(5-6-14(15)22(27)28)7-13-9-12-3-1-2-4-17(12)30-13/h1-6,8-9,16,18-21,23-26H,7,10H2,(H,27,28)/t16-,18-,19+,20-,21?/m1/s1. The predicted octanol–water partition coefficient (Wildman–Crippen LogP) is 1.71. The molecule has 0 radical (unpaired) electrons. The predicted molar refractivity (Wildman–Crippen MR) is 111 cm³/mol. The number of hydrogen-bond acceptors (Lipinski definition) is 7. The summed E-state index contributed by atoms with van der Waals surface area (Å²) in [6.45, 7) is -0.578. The van der Waals surface area contributed by atoms with Crippen molar-refractivity contribution in [3.8, 4) is 0 Å². The van der Waals surface area contributed by atoms with Crippen molar-refractivity contribution < 1.29 is 35.1 Å². The fraction of sp³-hybridized carbons (Fsp3) is 0.318. The van der Waals surface area contributed by atoms with Gasteiger partial charge in [-0.3, -0.25) is 0 Å². The number of rotatable bonds is 5. The van der Waals surface area contributed by atoms with Gasteiger partial charge >= 0.3 is 5.97 Å². The fourth-order valence-corrected chi connectivity index (χ4v) is 4.93. The Balaban J connectivity index is 1.70. The van der Waals surface area contributed by atoms with Crippen LogP contribution in [-0.2, 0) is 11.2 Å². The van der Waals surface area contributed by atoms with Gasteiger partial charge in [0.2, 0.25) is 0 Å². The number of benzene rings is 2. The lowest BCUT2D eigenvalue weighted by Crippen LogP contribution is -2.55. The second-order valence-electron chi connectivity index (χ2n) is 7.40. The first-order chi connectivity index (χ1) is 14.4. The summed E-state index contributed by atoms with van der Waals surface area (Å²) >= 11 is 1.65. The van der Waals surface area contributed by atoms with Crippen LogP contribution < -0.4 is 0 Å². The second kappa shape index (κ2) is 8.43. The zero-order valence-electron chi connectivity index (χ0n) is 15.9. The van der Waals surface area contributed by atoms with Crippen LogP contribution >= 0.6 is 11.3 Å². The molecule has 0 saturated carbocycles. The van der Waals surface area contributed by atoms with Crippen LogP contribution in [0.25, 0.3) is 10.1 Å². The molecule has 1 unspecified atom stereocenters. The number of ether oxygens (including phenoxy) is 1. The summed E-state index contributed by atoms with van der Waals surface area (Å²) in [5, 5.41) is 50.7. The van der Waals surface area contributed by atoms with Gasteiger partial charge in [-0.1, -0.05) is 30.3 Å². The summed E-state index contributed by atoms with van der Waals surface area (Å²) in [6.07, 6.45) is -6.37. The van der Waals surface area contributed by atoms with Gasteiger partial charge in [0.1, 0.15) is 30.5 Å². The molecule has 1 aliphatic rings. The van der Waals surface area contributed by atoms with E-state index in [0.717, 1.165) is 20.5 Å². The number of carboxylic acids is 1. The van der Waals surface area contributed by atoms with E-state index in [0.29, 0.717) is 6.42 Å². The summed E-state index contributed by atoms with van der Waals surface area (Å²) in [7, 11) is 0. The maximum atomic E-state index is 11.8. The number of fused-ring (bicyclic) bond motifs is 1. The van der Waals surface area contributed by atoms with Crippen molar-refractivity contribution in [1.82, 2.24) is 0 Å². The smallest absolute Gasteiger partial charge is 0.336 e. The molecule has 5 N–H and O–H groups in total. The van der Waals surface area contributed by atoms with Crippen LogP contribution in [0, 0.1) is 0 Å². The van der Waals surface area contributed by atoms with E-state index < -0.39 is 43.1 Å². The highest BCUT2D eigenvalue weighted by atomic mass is 32.1. The molecule has 2 heterocycles. The highest BCUT2D eigenvalue weighted by Gasteiger charge is 2.45. The van der Waals surface area contributed by atoms with Crippen molar-refractivity contribution in [1.29, 1.82) is 0 Å². The van der Waals surface area contributed by atoms with Crippen molar-refractivity contribution in [2.24, 2.45) is 0 Å². The summed E-state index contributed by atoms with van der Waals surface area (Å²) in [5.74, 6) is -1.20. The largest absolute Gasteiger partial charge is 0.478 e. The molecule has 1 aromatic heterocycles. The van der Waals surface area contributed by atoms with E-state index >= 15 is 0 Å². The van der Waals surface area contributed by atoms with E-state index in [9.17, 15) is 30.3 Å². The summed E-state index contributed by atoms with van der Waals surface area (Å²) in [4.78, 5) is 12.9. The lowest BCUT2D eigenvalue weighted by molar-refractivity contribution is -0.231. The summed E-state index contributed by atoms with van der Waals surface area (Å²) in [5.41, 5.74) is 0.941. The molecule has 4 rings (SSSR count). The maximum Gasteiger partial charge on any atom is 0.336 e. The van der Waals surface area contributed by atoms with E-state index in [1.165, 1.54) is 6.07 Å². The highest BCUT2D eigenvalue weighted by Crippen LogP contribution is 2.35. The maximum absolute atomic E-state index is 11.8. The van der Waals surface area contributed by atoms with Gasteiger partial charge < -0.3 is 30.3 Å². The van der Waals surface area contributed by atoms with Gasteiger partial charge in [-0.25, -0.2) is 4.79 Å². The fourth-order valence-electron chi connectivity index (χ4n) is 3.84. The molecule has 1 saturated heterocycles. The van der Waals surface area contributed by atoms with E-state index in [-0.39, 0.29) is 11.1 Å². The molecule has 0 amide bonds. The molecular formula is C22H22O7S. The normalized spacial score (nSPS) is 26.7. The number of aromatic carboxylic acids is 1. The molecule has 158 valence electrons. The zero-order chi connectivity index (χ0) is 21.4. The summed E-state index contributed by atoms with van der Waals surface area (Å²) in [6, 6.07) is 14.9. The second-order valence-corrected chi connectivity index (χ2v) is 8.57. The third-order valence-electron chi connectivity index (χ3n) is 5.40. The third kappa shape index (κ3) is 3.85. The van der Waals surface area contributed by atoms with Gasteiger partial charge in [0.05, 0.1) is 12.2 Å². The first-order valence-corrected chi connectivity index (χ1v) is 10.3. The Bertz CT molecular complexity index is 1030. The van der Waals surface area contributed by atoms with Crippen LogP contribution in [0.1, 0.15) is 32.5 Å². The molecule has 0 bridgehead atoms. The summed E-state index contributed by atoms with van der Waals surface area (Å²) < 4.78 is 6.75. The van der Waals surface area contributed by atoms with E-state index in [1.807, 2.05) is 24.3 Å². The minimum absolute atomic E-state index is 0.0700. The molecular weight excluding hydrogens is 408 g/mol. The quantitative estimate of drug-likeness (QED) is 0.417. The van der Waals surface area contributed by atoms with Crippen LogP contribution in [0.2, 0.25) is 0 Å². The first kappa shape index (κ1) is 20.9. The molecule has 8 heteroatoms. The van der Waals surface area contributed by atoms with Crippen molar-refractivity contribution in [3.63, 3.8) is 0 Å². The highest BCUT2D eigenvalue weighted by molar-refractivity contribution is 7.19. The molecule has 1 fully saturated rings. The molecule has 0 aliphatic carbocycles. The van der Waals surface area contributed by atoms with Gasteiger partial charge in [-0.15, -0.1) is 11.3 Å². The van der Waals surface area contributed by atoms with Crippen LogP contribution in [0.5, 0.6) is 0 Å². The Hall–Kier alpha value is -2.33. The SMILES string of the molecule is O=C(O)c1ccc(Cc2cc3ccccc3s2)cc1C1O[C@H](CO)[C@@H](O)[C@H](O)[C@H]1O. The van der Waals surface area contributed by atoms with Crippen molar-refractivity contribution in [3.05, 3.63) is 70.1 Å². The van der Waals surface area contributed by atoms with E-state index in [2.05, 4.69) is 6.07 Å². The van der Waals surface area contributed by atoms with Crippen LogP contribution in [0.3, 0.4) is 0 Å². The molecule has 2 aromatic carbocycles. The lowest BCUT2D eigenvalue weighted by atomic mass is 9.88. The Morgan fingerprint density at radius 2 is 1.77 bits per heavy atom. The minimum atomic E-state index is -1.58. The molecule has 1 aliphatic heterocycles. The number of carboxylic acid groups (broad SMARTS) is 1. The van der Waals surface area contributed by atoms with E-state index in [4.69, 9.17) is 4.74 Å². The monoisotopic (exact) mass is 430 g/mol. The average molecular weight is 430 g/mol. The van der Waals surface area contributed by atoms with Gasteiger partial charge in [0, 0.05) is 16.0 Å². The third-order valence-corrected chi connectivity index (χ3v) is 6.52. The number of thiophene rings is 1. The van der Waals surface area contributed by atoms with Crippen molar-refractivity contribution in [2.75, 3.05) is 6.61 Å². The zero-order valence-corrected chi connectivity index (χ0v) is 16.7. The average Bonchev–Trinajstić information content (AvgIpc) is 3.14. The number of aliphatic hydroxyl groups is 4. The van der Waals surface area contributed by atoms with E-state index in [1.54, 1.807) is 23.5 Å². The minimum Gasteiger partial charge on any atom is -0.478 e. The number of carbonyl (C=O) groups is 1. The Morgan fingerprint density at radius 3 is 2.47 bits per heavy atom. The molecule has 5 atom stereocenters. The topological polar surface area (TPSA) is 127 Å². The molecule has 7 nitrogen and oxygen atoms in total. The number of hydrogen-bond donors (Lipinski definition) is 5. The molecule has 0 spiro atoms.